The van der Waals surface area contributed by atoms with Crippen LogP contribution in [0.3, 0.4) is 0 Å². The van der Waals surface area contributed by atoms with Crippen LogP contribution in [0.15, 0.2) is 53.5 Å². The summed E-state index contributed by atoms with van der Waals surface area (Å²) in [4.78, 5) is 4.09. The molecule has 2 rings (SSSR count). The quantitative estimate of drug-likeness (QED) is 0.279. The van der Waals surface area contributed by atoms with E-state index >= 15 is 0 Å². The fraction of sp³-hybridized carbons (Fsp3) is 0.235. The fourth-order valence-electron chi connectivity index (χ4n) is 1.96. The first-order valence-electron chi connectivity index (χ1n) is 7.44. The Balaban J connectivity index is 0.00000338. The molecule has 2 aromatic carbocycles. The summed E-state index contributed by atoms with van der Waals surface area (Å²) in [6, 6.07) is 12.8. The van der Waals surface area contributed by atoms with E-state index in [1.807, 2.05) is 31.2 Å². The average Bonchev–Trinajstić information content (AvgIpc) is 2.52. The van der Waals surface area contributed by atoms with Crippen molar-refractivity contribution in [3.05, 3.63) is 54.1 Å². The van der Waals surface area contributed by atoms with Crippen molar-refractivity contribution >= 4 is 35.6 Å². The van der Waals surface area contributed by atoms with Gasteiger partial charge in [0.2, 0.25) is 0 Å². The number of rotatable bonds is 6. The van der Waals surface area contributed by atoms with Crippen molar-refractivity contribution in [1.29, 1.82) is 0 Å². The Kier molecular flexibility index (Phi) is 8.49. The molecular weight excluding hydrogens is 462 g/mol. The lowest BCUT2D eigenvalue weighted by Crippen LogP contribution is -2.23. The highest BCUT2D eigenvalue weighted by molar-refractivity contribution is 14.0. The first kappa shape index (κ1) is 21.9. The maximum atomic E-state index is 12.1. The molecule has 0 atom stereocenters. The van der Waals surface area contributed by atoms with Gasteiger partial charge in [0.25, 0.3) is 0 Å². The third-order valence-corrected chi connectivity index (χ3v) is 2.99. The Labute approximate surface area is 166 Å². The van der Waals surface area contributed by atoms with E-state index in [0.717, 1.165) is 11.3 Å². The minimum atomic E-state index is -4.72. The van der Waals surface area contributed by atoms with Gasteiger partial charge < -0.3 is 20.5 Å². The summed E-state index contributed by atoms with van der Waals surface area (Å²) in [6.07, 6.45) is -4.72. The standard InChI is InChI=1S/C17H18F3N3O2.HI/c1-12-3-2-4-15(11-12)24-10-9-22-16(21)23-13-5-7-14(8-6-13)25-17(18,19)20;/h2-8,11H,9-10H2,1H3,(H3,21,22,23);1H. The van der Waals surface area contributed by atoms with E-state index in [-0.39, 0.29) is 35.7 Å². The molecular formula is C17H19F3IN3O2. The van der Waals surface area contributed by atoms with Crippen molar-refractivity contribution < 1.29 is 22.6 Å². The molecule has 0 heterocycles. The van der Waals surface area contributed by atoms with Crippen molar-refractivity contribution in [1.82, 2.24) is 0 Å². The Hall–Kier alpha value is -2.17. The van der Waals surface area contributed by atoms with E-state index in [1.165, 1.54) is 24.3 Å². The molecule has 0 saturated heterocycles. The summed E-state index contributed by atoms with van der Waals surface area (Å²) in [7, 11) is 0. The van der Waals surface area contributed by atoms with Gasteiger partial charge in [-0.1, -0.05) is 12.1 Å². The monoisotopic (exact) mass is 481 g/mol. The maximum absolute atomic E-state index is 12.1. The number of hydrogen-bond acceptors (Lipinski definition) is 3. The molecule has 142 valence electrons. The molecule has 0 fully saturated rings. The van der Waals surface area contributed by atoms with Gasteiger partial charge in [-0.2, -0.15) is 0 Å². The lowest BCUT2D eigenvalue weighted by Gasteiger charge is -2.10. The summed E-state index contributed by atoms with van der Waals surface area (Å²) in [6.45, 7) is 2.66. The number of aryl methyl sites for hydroxylation is 1. The number of guanidine groups is 1. The van der Waals surface area contributed by atoms with Crippen molar-refractivity contribution in [3.63, 3.8) is 0 Å². The predicted molar refractivity (Wildman–Crippen MR) is 105 cm³/mol. The summed E-state index contributed by atoms with van der Waals surface area (Å²) in [5.41, 5.74) is 7.31. The molecule has 0 spiro atoms. The van der Waals surface area contributed by atoms with E-state index in [4.69, 9.17) is 10.5 Å². The normalized spacial score (nSPS) is 11.5. The van der Waals surface area contributed by atoms with Crippen molar-refractivity contribution in [3.8, 4) is 11.5 Å². The van der Waals surface area contributed by atoms with Gasteiger partial charge in [0.1, 0.15) is 18.1 Å². The number of aliphatic imine (C=N–C) groups is 1. The molecule has 0 aliphatic heterocycles. The van der Waals surface area contributed by atoms with Crippen LogP contribution in [0.2, 0.25) is 0 Å². The van der Waals surface area contributed by atoms with E-state index in [1.54, 1.807) is 0 Å². The van der Waals surface area contributed by atoms with Crippen LogP contribution in [0, 0.1) is 6.92 Å². The predicted octanol–water partition coefficient (Wildman–Crippen LogP) is 4.32. The first-order chi connectivity index (χ1) is 11.8. The van der Waals surface area contributed by atoms with E-state index in [0.29, 0.717) is 18.8 Å². The van der Waals surface area contributed by atoms with Crippen LogP contribution >= 0.6 is 24.0 Å². The van der Waals surface area contributed by atoms with Gasteiger partial charge in [0.05, 0.1) is 6.54 Å². The number of nitrogens with two attached hydrogens (primary N) is 1. The van der Waals surface area contributed by atoms with E-state index < -0.39 is 6.36 Å². The third kappa shape index (κ3) is 8.28. The number of anilines is 1. The zero-order valence-electron chi connectivity index (χ0n) is 13.9. The molecule has 0 saturated carbocycles. The number of halogens is 4. The molecule has 0 amide bonds. The molecule has 26 heavy (non-hydrogen) atoms. The SMILES string of the molecule is Cc1cccc(OCCN=C(N)Nc2ccc(OC(F)(F)F)cc2)c1.I. The van der Waals surface area contributed by atoms with Crippen LogP contribution in [0.1, 0.15) is 5.56 Å². The highest BCUT2D eigenvalue weighted by Crippen LogP contribution is 2.23. The minimum absolute atomic E-state index is 0. The Morgan fingerprint density at radius 3 is 2.42 bits per heavy atom. The number of ether oxygens (including phenoxy) is 2. The summed E-state index contributed by atoms with van der Waals surface area (Å²) in [5, 5.41) is 2.78. The lowest BCUT2D eigenvalue weighted by molar-refractivity contribution is -0.274. The van der Waals surface area contributed by atoms with Crippen LogP contribution in [0.25, 0.3) is 0 Å². The zero-order valence-corrected chi connectivity index (χ0v) is 16.2. The average molecular weight is 481 g/mol. The van der Waals surface area contributed by atoms with Crippen LogP contribution in [0.5, 0.6) is 11.5 Å². The zero-order chi connectivity index (χ0) is 18.3. The molecule has 0 aromatic heterocycles. The number of alkyl halides is 3. The highest BCUT2D eigenvalue weighted by Gasteiger charge is 2.30. The number of nitrogens with zero attached hydrogens (tertiary/aromatic N) is 1. The number of benzene rings is 2. The fourth-order valence-corrected chi connectivity index (χ4v) is 1.96. The molecule has 2 aromatic rings. The smallest absolute Gasteiger partial charge is 0.492 e. The molecule has 9 heteroatoms. The van der Waals surface area contributed by atoms with E-state index in [2.05, 4.69) is 15.0 Å². The summed E-state index contributed by atoms with van der Waals surface area (Å²) >= 11 is 0. The molecule has 5 nitrogen and oxygen atoms in total. The topological polar surface area (TPSA) is 68.9 Å². The van der Waals surface area contributed by atoms with Gasteiger partial charge in [0, 0.05) is 5.69 Å². The second kappa shape index (κ2) is 10.1. The van der Waals surface area contributed by atoms with Gasteiger partial charge in [-0.05, 0) is 48.9 Å². The minimum Gasteiger partial charge on any atom is -0.492 e. The molecule has 0 bridgehead atoms. The van der Waals surface area contributed by atoms with Crippen LogP contribution < -0.4 is 20.5 Å². The lowest BCUT2D eigenvalue weighted by atomic mass is 10.2. The Morgan fingerprint density at radius 2 is 1.81 bits per heavy atom. The van der Waals surface area contributed by atoms with Crippen LogP contribution in [-0.2, 0) is 0 Å². The summed E-state index contributed by atoms with van der Waals surface area (Å²) in [5.74, 6) is 0.583. The van der Waals surface area contributed by atoms with Gasteiger partial charge in [-0.3, -0.25) is 0 Å². The van der Waals surface area contributed by atoms with Crippen molar-refractivity contribution in [2.45, 2.75) is 13.3 Å². The van der Waals surface area contributed by atoms with Crippen LogP contribution in [-0.4, -0.2) is 25.5 Å². The van der Waals surface area contributed by atoms with Gasteiger partial charge in [-0.25, -0.2) is 4.99 Å². The number of nitrogens with one attached hydrogen (secondary N) is 1. The van der Waals surface area contributed by atoms with Gasteiger partial charge in [-0.15, -0.1) is 37.1 Å². The van der Waals surface area contributed by atoms with Crippen LogP contribution in [0.4, 0.5) is 18.9 Å². The first-order valence-corrected chi connectivity index (χ1v) is 7.44. The second-order valence-electron chi connectivity index (χ2n) is 5.13. The molecule has 0 aliphatic carbocycles. The highest BCUT2D eigenvalue weighted by atomic mass is 127. The van der Waals surface area contributed by atoms with Crippen molar-refractivity contribution in [2.24, 2.45) is 10.7 Å². The molecule has 3 N–H and O–H groups in total. The second-order valence-corrected chi connectivity index (χ2v) is 5.13. The van der Waals surface area contributed by atoms with Gasteiger partial charge >= 0.3 is 6.36 Å². The third-order valence-electron chi connectivity index (χ3n) is 2.99. The van der Waals surface area contributed by atoms with E-state index in [9.17, 15) is 13.2 Å². The Bertz CT molecular complexity index is 722. The molecule has 0 radical (unpaired) electrons. The molecule has 0 unspecified atom stereocenters. The largest absolute Gasteiger partial charge is 0.573 e. The molecule has 0 aliphatic rings. The number of hydrogen-bond donors (Lipinski definition) is 2. The van der Waals surface area contributed by atoms with Crippen molar-refractivity contribution in [2.75, 3.05) is 18.5 Å². The Morgan fingerprint density at radius 1 is 1.12 bits per heavy atom. The summed E-state index contributed by atoms with van der Waals surface area (Å²) < 4.78 is 45.6. The maximum Gasteiger partial charge on any atom is 0.573 e. The van der Waals surface area contributed by atoms with Gasteiger partial charge in [0.15, 0.2) is 5.96 Å².